The van der Waals surface area contributed by atoms with Crippen molar-refractivity contribution < 1.29 is 27.6 Å². The van der Waals surface area contributed by atoms with E-state index in [4.69, 9.17) is 5.73 Å². The van der Waals surface area contributed by atoms with E-state index in [-0.39, 0.29) is 58.0 Å². The minimum atomic E-state index is -4.02. The summed E-state index contributed by atoms with van der Waals surface area (Å²) < 4.78 is 29.6. The number of amides is 3. The van der Waals surface area contributed by atoms with Crippen molar-refractivity contribution in [3.8, 4) is 0 Å². The number of hydrogen-bond donors (Lipinski definition) is 4. The number of carbonyl (C=O) groups excluding carboxylic acids is 4. The molecule has 7 atom stereocenters. The number of hydrogen-bond acceptors (Lipinski definition) is 7. The molecule has 2 spiro atoms. The van der Waals surface area contributed by atoms with E-state index in [2.05, 4.69) is 35.8 Å². The second-order valence-electron chi connectivity index (χ2n) is 18.7. The van der Waals surface area contributed by atoms with Crippen LogP contribution in [0.4, 0.5) is 0 Å². The molecule has 11 nitrogen and oxygen atoms in total. The zero-order valence-corrected chi connectivity index (χ0v) is 32.5. The summed E-state index contributed by atoms with van der Waals surface area (Å²) in [6, 6.07) is -1.36. The minimum absolute atomic E-state index is 0.0150. The summed E-state index contributed by atoms with van der Waals surface area (Å²) in [6.07, 6.45) is 14.0. The molecule has 51 heavy (non-hydrogen) atoms. The first-order valence-electron chi connectivity index (χ1n) is 19.7. The van der Waals surface area contributed by atoms with Crippen LogP contribution < -0.4 is 21.1 Å². The normalized spacial score (nSPS) is 34.4. The lowest BCUT2D eigenvalue weighted by Gasteiger charge is -2.37. The van der Waals surface area contributed by atoms with Gasteiger partial charge in [-0.05, 0) is 98.2 Å². The second-order valence-corrected chi connectivity index (χ2v) is 20.4. The van der Waals surface area contributed by atoms with Crippen molar-refractivity contribution in [3.05, 3.63) is 12.7 Å². The molecule has 0 radical (unpaired) electrons. The predicted molar refractivity (Wildman–Crippen MR) is 196 cm³/mol. The maximum atomic E-state index is 14.7. The fourth-order valence-corrected chi connectivity index (χ4v) is 12.5. The monoisotopic (exact) mass is 729 g/mol. The first-order valence-corrected chi connectivity index (χ1v) is 21.2. The Morgan fingerprint density at radius 2 is 1.47 bits per heavy atom. The van der Waals surface area contributed by atoms with E-state index in [1.54, 1.807) is 6.08 Å². The Kier molecular flexibility index (Phi) is 10.2. The van der Waals surface area contributed by atoms with Gasteiger partial charge in [0, 0.05) is 30.8 Å². The topological polar surface area (TPSA) is 168 Å². The lowest BCUT2D eigenvalue weighted by Crippen LogP contribution is -2.56. The summed E-state index contributed by atoms with van der Waals surface area (Å²) in [5.74, 6) is -2.28. The van der Waals surface area contributed by atoms with Crippen LogP contribution in [0.2, 0.25) is 0 Å². The molecule has 12 heteroatoms. The van der Waals surface area contributed by atoms with Gasteiger partial charge in [0.25, 0.3) is 5.91 Å². The third-order valence-electron chi connectivity index (χ3n) is 14.9. The highest BCUT2D eigenvalue weighted by atomic mass is 32.2. The van der Waals surface area contributed by atoms with Crippen molar-refractivity contribution >= 4 is 33.7 Å². The molecule has 0 aromatic heterocycles. The standard InChI is InChI=1S/C39H63N5O6S/c1-7-28-24-39(28,34(48)43-51(49,50)44-20-11-12-21-44)42-32(46)27-17-16-26(22-38(23-27)36(5,6)37(38)18-13-19-37)30(45)31(35(2,3)4)41-33(47)29(40)25-14-9-8-10-15-25/h7,25-29,31H,1,8-24,40H2,2-6H3,(H,41,47)(H,42,46)(H,43,48). The molecule has 1 aliphatic heterocycles. The lowest BCUT2D eigenvalue weighted by atomic mass is 9.69. The molecule has 6 fully saturated rings. The summed E-state index contributed by atoms with van der Waals surface area (Å²) in [7, 11) is -4.02. The van der Waals surface area contributed by atoms with E-state index in [0.717, 1.165) is 64.2 Å². The molecular weight excluding hydrogens is 667 g/mol. The van der Waals surface area contributed by atoms with Crippen molar-refractivity contribution in [2.45, 2.75) is 149 Å². The Hall–Kier alpha value is -2.31. The Balaban J connectivity index is 1.22. The van der Waals surface area contributed by atoms with Crippen LogP contribution in [0.25, 0.3) is 0 Å². The lowest BCUT2D eigenvalue weighted by molar-refractivity contribution is -0.134. The number of nitrogens with one attached hydrogen (secondary N) is 3. The summed E-state index contributed by atoms with van der Waals surface area (Å²) in [6.45, 7) is 15.1. The number of ketones is 1. The maximum absolute atomic E-state index is 14.7. The van der Waals surface area contributed by atoms with E-state index in [0.29, 0.717) is 38.8 Å². The van der Waals surface area contributed by atoms with E-state index in [9.17, 15) is 27.6 Å². The van der Waals surface area contributed by atoms with Crippen molar-refractivity contribution in [2.24, 2.45) is 51.1 Å². The fourth-order valence-electron chi connectivity index (χ4n) is 11.2. The zero-order valence-electron chi connectivity index (χ0n) is 31.7. The van der Waals surface area contributed by atoms with E-state index in [1.165, 1.54) is 4.31 Å². The number of rotatable bonds is 11. The second kappa shape index (κ2) is 13.5. The third-order valence-corrected chi connectivity index (χ3v) is 16.3. The van der Waals surface area contributed by atoms with Gasteiger partial charge < -0.3 is 16.4 Å². The highest BCUT2D eigenvalue weighted by Gasteiger charge is 2.83. The number of nitrogens with zero attached hydrogens (tertiary/aromatic N) is 1. The van der Waals surface area contributed by atoms with Crippen LogP contribution in [0.5, 0.6) is 0 Å². The van der Waals surface area contributed by atoms with Crippen LogP contribution in [0, 0.1) is 45.3 Å². The smallest absolute Gasteiger partial charge is 0.303 e. The molecule has 1 saturated heterocycles. The first kappa shape index (κ1) is 38.4. The van der Waals surface area contributed by atoms with Crippen LogP contribution in [0.3, 0.4) is 0 Å². The van der Waals surface area contributed by atoms with Gasteiger partial charge in [-0.1, -0.05) is 66.4 Å². The summed E-state index contributed by atoms with van der Waals surface area (Å²) >= 11 is 0. The molecule has 5 saturated carbocycles. The van der Waals surface area contributed by atoms with Crippen LogP contribution in [-0.4, -0.2) is 66.9 Å². The molecule has 1 heterocycles. The van der Waals surface area contributed by atoms with E-state index < -0.39 is 45.1 Å². The molecule has 3 amide bonds. The quantitative estimate of drug-likeness (QED) is 0.227. The highest BCUT2D eigenvalue weighted by Crippen LogP contribution is 2.89. The predicted octanol–water partition coefficient (Wildman–Crippen LogP) is 4.51. The Bertz CT molecular complexity index is 1520. The molecular formula is C39H63N5O6S. The van der Waals surface area contributed by atoms with Crippen molar-refractivity contribution in [1.29, 1.82) is 0 Å². The van der Waals surface area contributed by atoms with Gasteiger partial charge in [0.15, 0.2) is 5.78 Å². The minimum Gasteiger partial charge on any atom is -0.344 e. The first-order chi connectivity index (χ1) is 23.9. The van der Waals surface area contributed by atoms with Gasteiger partial charge in [-0.25, -0.2) is 4.72 Å². The molecule has 0 bridgehead atoms. The van der Waals surface area contributed by atoms with Crippen LogP contribution in [-0.2, 0) is 29.4 Å². The number of nitrogens with two attached hydrogens (primary N) is 1. The van der Waals surface area contributed by atoms with Gasteiger partial charge in [0.2, 0.25) is 11.8 Å². The van der Waals surface area contributed by atoms with Gasteiger partial charge in [0.05, 0.1) is 12.1 Å². The largest absolute Gasteiger partial charge is 0.344 e. The SMILES string of the molecule is C=CC1CC1(NC(=O)C1CCC(C(=O)C(NC(=O)C(N)C2CCCCC2)C(C)(C)C)CC2(C1)C(C)(C)C21CCC1)C(=O)NS(=O)(=O)N1CCCC1. The van der Waals surface area contributed by atoms with Crippen LogP contribution in [0.1, 0.15) is 131 Å². The van der Waals surface area contributed by atoms with Gasteiger partial charge in [-0.15, -0.1) is 6.58 Å². The molecule has 6 aliphatic rings. The number of Topliss-reactive ketones (excluding diaryl/α,β-unsaturated/α-hetero) is 1. The molecule has 0 aromatic rings. The third kappa shape index (κ3) is 6.51. The van der Waals surface area contributed by atoms with Gasteiger partial charge in [-0.2, -0.15) is 12.7 Å². The Morgan fingerprint density at radius 1 is 0.863 bits per heavy atom. The van der Waals surface area contributed by atoms with Crippen LogP contribution in [0.15, 0.2) is 12.7 Å². The fraction of sp³-hybridized carbons (Fsp3) is 0.846. The van der Waals surface area contributed by atoms with Crippen LogP contribution >= 0.6 is 0 Å². The van der Waals surface area contributed by atoms with E-state index >= 15 is 0 Å². The van der Waals surface area contributed by atoms with Gasteiger partial charge >= 0.3 is 10.2 Å². The summed E-state index contributed by atoms with van der Waals surface area (Å²) in [5, 5.41) is 6.16. The molecule has 5 aliphatic carbocycles. The van der Waals surface area contributed by atoms with Crippen molar-refractivity contribution in [2.75, 3.05) is 13.1 Å². The van der Waals surface area contributed by atoms with Gasteiger partial charge in [0.1, 0.15) is 5.54 Å². The van der Waals surface area contributed by atoms with E-state index in [1.807, 2.05) is 20.8 Å². The van der Waals surface area contributed by atoms with Gasteiger partial charge in [-0.3, -0.25) is 19.2 Å². The van der Waals surface area contributed by atoms with Crippen molar-refractivity contribution in [3.63, 3.8) is 0 Å². The Labute approximate surface area is 305 Å². The maximum Gasteiger partial charge on any atom is 0.303 e. The molecule has 5 N–H and O–H groups in total. The molecule has 0 aromatic carbocycles. The number of fused-ring (bicyclic) bond motifs is 1. The molecule has 7 unspecified atom stereocenters. The Morgan fingerprint density at radius 3 is 2.00 bits per heavy atom. The molecule has 286 valence electrons. The average molecular weight is 730 g/mol. The highest BCUT2D eigenvalue weighted by molar-refractivity contribution is 7.87. The molecule has 6 rings (SSSR count). The zero-order chi connectivity index (χ0) is 37.2. The number of carbonyl (C=O) groups is 4. The summed E-state index contributed by atoms with van der Waals surface area (Å²) in [4.78, 5) is 56.3. The van der Waals surface area contributed by atoms with Crippen molar-refractivity contribution in [1.82, 2.24) is 19.7 Å². The average Bonchev–Trinajstić information content (AvgIpc) is 3.74. The summed E-state index contributed by atoms with van der Waals surface area (Å²) in [5.41, 5.74) is 4.34.